The Hall–Kier alpha value is -1.94. The summed E-state index contributed by atoms with van der Waals surface area (Å²) in [5.41, 5.74) is 0. The summed E-state index contributed by atoms with van der Waals surface area (Å²) < 4.78 is 68.1. The average Bonchev–Trinajstić information content (AvgIpc) is 3.37. The Morgan fingerprint density at radius 3 is 0.739 bits per heavy atom. The van der Waals surface area contributed by atoms with Crippen LogP contribution in [-0.2, 0) is 65.4 Å². The number of phosphoric ester groups is 2. The molecule has 0 rings (SSSR count). The first kappa shape index (κ1) is 90.1. The van der Waals surface area contributed by atoms with Gasteiger partial charge >= 0.3 is 39.5 Å². The number of hydrogen-bond donors (Lipinski definition) is 3. The van der Waals surface area contributed by atoms with Crippen molar-refractivity contribution in [2.75, 3.05) is 39.6 Å². The smallest absolute Gasteiger partial charge is 0.462 e. The lowest BCUT2D eigenvalue weighted by Gasteiger charge is -2.21. The summed E-state index contributed by atoms with van der Waals surface area (Å²) in [5.74, 6) is -1.32. The molecule has 3 N–H and O–H groups in total. The van der Waals surface area contributed by atoms with Gasteiger partial charge in [0.15, 0.2) is 12.2 Å². The SMILES string of the molecule is CCCCCCCCCCCCCCCCCCCCCC(=O)OC[C@H](COP(=O)(O)OC[C@@H](O)COP(=O)(O)OC[C@@H](COC(=O)CCCCCCCCC)OC(=O)CCCCCCCCC)OC(=O)CCCCCCCCCCCCCCCCCCC(C)C. The summed E-state index contributed by atoms with van der Waals surface area (Å²) in [6.07, 6.45) is 54.6. The fraction of sp³-hybridized carbons (Fsp3) is 0.945. The van der Waals surface area contributed by atoms with E-state index in [2.05, 4.69) is 34.6 Å². The van der Waals surface area contributed by atoms with Crippen LogP contribution < -0.4 is 0 Å². The number of phosphoric acid groups is 2. The number of aliphatic hydroxyl groups excluding tert-OH is 1. The van der Waals surface area contributed by atoms with Gasteiger partial charge < -0.3 is 33.8 Å². The first-order valence-corrected chi connectivity index (χ1v) is 41.1. The molecule has 0 heterocycles. The molecule has 0 fully saturated rings. The van der Waals surface area contributed by atoms with Crippen molar-refractivity contribution in [3.8, 4) is 0 Å². The summed E-state index contributed by atoms with van der Waals surface area (Å²) in [4.78, 5) is 72.3. The van der Waals surface area contributed by atoms with Crippen molar-refractivity contribution in [1.29, 1.82) is 0 Å². The number of carbonyl (C=O) groups is 4. The minimum atomic E-state index is -4.95. The molecule has 0 saturated carbocycles. The molecular formula is C73H142O17P2. The number of rotatable bonds is 73. The second-order valence-electron chi connectivity index (χ2n) is 26.8. The van der Waals surface area contributed by atoms with E-state index in [1.54, 1.807) is 0 Å². The topological polar surface area (TPSA) is 237 Å². The van der Waals surface area contributed by atoms with Crippen LogP contribution in [0, 0.1) is 5.92 Å². The lowest BCUT2D eigenvalue weighted by Crippen LogP contribution is -2.30. The van der Waals surface area contributed by atoms with Crippen LogP contribution in [0.15, 0.2) is 0 Å². The van der Waals surface area contributed by atoms with E-state index in [9.17, 15) is 43.2 Å². The fourth-order valence-electron chi connectivity index (χ4n) is 11.2. The fourth-order valence-corrected chi connectivity index (χ4v) is 12.8. The lowest BCUT2D eigenvalue weighted by atomic mass is 10.0. The third-order valence-corrected chi connectivity index (χ3v) is 18.9. The second kappa shape index (κ2) is 66.3. The molecule has 0 aromatic heterocycles. The summed E-state index contributed by atoms with van der Waals surface area (Å²) in [6.45, 7) is 7.21. The Morgan fingerprint density at radius 2 is 0.500 bits per heavy atom. The first-order valence-electron chi connectivity index (χ1n) is 38.1. The minimum Gasteiger partial charge on any atom is -0.462 e. The Balaban J connectivity index is 5.11. The van der Waals surface area contributed by atoms with Gasteiger partial charge in [0.05, 0.1) is 26.4 Å². The van der Waals surface area contributed by atoms with Crippen LogP contribution in [0.4, 0.5) is 0 Å². The van der Waals surface area contributed by atoms with Gasteiger partial charge in [-0.1, -0.05) is 330 Å². The largest absolute Gasteiger partial charge is 0.472 e. The predicted octanol–water partition coefficient (Wildman–Crippen LogP) is 21.3. The Labute approximate surface area is 562 Å². The van der Waals surface area contributed by atoms with E-state index in [1.807, 2.05) is 0 Å². The lowest BCUT2D eigenvalue weighted by molar-refractivity contribution is -0.161. The van der Waals surface area contributed by atoms with Crippen LogP contribution in [-0.4, -0.2) is 96.7 Å². The molecule has 17 nitrogen and oxygen atoms in total. The van der Waals surface area contributed by atoms with Crippen molar-refractivity contribution in [3.05, 3.63) is 0 Å². The van der Waals surface area contributed by atoms with Crippen molar-refractivity contribution < 1.29 is 80.2 Å². The van der Waals surface area contributed by atoms with Crippen LogP contribution in [0.1, 0.15) is 381 Å². The molecule has 0 aliphatic heterocycles. The van der Waals surface area contributed by atoms with Crippen molar-refractivity contribution in [3.63, 3.8) is 0 Å². The van der Waals surface area contributed by atoms with Crippen LogP contribution in [0.3, 0.4) is 0 Å². The monoisotopic (exact) mass is 1350 g/mol. The standard InChI is InChI=1S/C73H142O17P2/c1-6-9-12-15-18-19-20-21-22-23-24-25-29-32-35-38-43-47-52-57-71(76)84-63-69(90-73(78)59-54-49-44-39-36-33-30-27-26-28-31-34-37-42-45-50-55-66(4)5)65-88-92(81,82)86-61-67(74)60-85-91(79,80)87-64-68(89-72(77)58-53-48-41-17-14-11-8-3)62-83-70(75)56-51-46-40-16-13-10-7-2/h66-69,74H,6-65H2,1-5H3,(H,79,80)(H,81,82)/t67-,68+,69+/m0/s1. The van der Waals surface area contributed by atoms with E-state index in [4.69, 9.17) is 37.0 Å². The zero-order valence-corrected chi connectivity index (χ0v) is 61.5. The van der Waals surface area contributed by atoms with E-state index in [0.717, 1.165) is 121 Å². The van der Waals surface area contributed by atoms with E-state index in [-0.39, 0.29) is 25.7 Å². The molecular weight excluding hydrogens is 1210 g/mol. The molecule has 0 aliphatic rings. The number of esters is 4. The van der Waals surface area contributed by atoms with Crippen LogP contribution >= 0.6 is 15.6 Å². The number of hydrogen-bond acceptors (Lipinski definition) is 15. The Kier molecular flexibility index (Phi) is 64.9. The van der Waals surface area contributed by atoms with Crippen LogP contribution in [0.5, 0.6) is 0 Å². The van der Waals surface area contributed by atoms with Crippen LogP contribution in [0.2, 0.25) is 0 Å². The molecule has 0 spiro atoms. The quantitative estimate of drug-likeness (QED) is 0.0222. The molecule has 0 amide bonds. The molecule has 2 unspecified atom stereocenters. The van der Waals surface area contributed by atoms with Gasteiger partial charge in [-0.25, -0.2) is 9.13 Å². The highest BCUT2D eigenvalue weighted by Crippen LogP contribution is 2.45. The molecule has 5 atom stereocenters. The summed E-state index contributed by atoms with van der Waals surface area (Å²) in [7, 11) is -9.89. The zero-order valence-electron chi connectivity index (χ0n) is 59.7. The molecule has 0 aromatic carbocycles. The molecule has 92 heavy (non-hydrogen) atoms. The van der Waals surface area contributed by atoms with Gasteiger partial charge in [0, 0.05) is 25.7 Å². The Morgan fingerprint density at radius 1 is 0.293 bits per heavy atom. The highest BCUT2D eigenvalue weighted by Gasteiger charge is 2.30. The van der Waals surface area contributed by atoms with Gasteiger partial charge in [-0.2, -0.15) is 0 Å². The number of carbonyl (C=O) groups excluding carboxylic acids is 4. The average molecular weight is 1350 g/mol. The molecule has 0 aliphatic carbocycles. The summed E-state index contributed by atoms with van der Waals surface area (Å²) in [5, 5.41) is 10.6. The zero-order chi connectivity index (χ0) is 67.7. The predicted molar refractivity (Wildman–Crippen MR) is 372 cm³/mol. The highest BCUT2D eigenvalue weighted by molar-refractivity contribution is 7.47. The number of unbranched alkanes of at least 4 members (excludes halogenated alkanes) is 45. The van der Waals surface area contributed by atoms with Crippen molar-refractivity contribution in [1.82, 2.24) is 0 Å². The molecule has 0 aromatic rings. The van der Waals surface area contributed by atoms with Crippen molar-refractivity contribution in [2.45, 2.75) is 400 Å². The van der Waals surface area contributed by atoms with Crippen molar-refractivity contribution in [2.24, 2.45) is 5.92 Å². The van der Waals surface area contributed by atoms with Gasteiger partial charge in [-0.3, -0.25) is 37.3 Å². The van der Waals surface area contributed by atoms with E-state index >= 15 is 0 Å². The molecule has 0 saturated heterocycles. The Bertz CT molecular complexity index is 1770. The summed E-state index contributed by atoms with van der Waals surface area (Å²) >= 11 is 0. The number of ether oxygens (including phenoxy) is 4. The maximum absolute atomic E-state index is 13.1. The van der Waals surface area contributed by atoms with Gasteiger partial charge in [0.25, 0.3) is 0 Å². The molecule has 19 heteroatoms. The van der Waals surface area contributed by atoms with E-state index < -0.39 is 97.5 Å². The highest BCUT2D eigenvalue weighted by atomic mass is 31.2. The van der Waals surface area contributed by atoms with Gasteiger partial charge in [-0.15, -0.1) is 0 Å². The summed E-state index contributed by atoms with van der Waals surface area (Å²) in [6, 6.07) is 0. The molecule has 0 bridgehead atoms. The van der Waals surface area contributed by atoms with Gasteiger partial charge in [-0.05, 0) is 31.6 Å². The van der Waals surface area contributed by atoms with Gasteiger partial charge in [0.1, 0.15) is 19.3 Å². The van der Waals surface area contributed by atoms with E-state index in [1.165, 1.54) is 180 Å². The third kappa shape index (κ3) is 66.7. The third-order valence-electron chi connectivity index (χ3n) is 17.0. The second-order valence-corrected chi connectivity index (χ2v) is 29.7. The maximum atomic E-state index is 13.1. The minimum absolute atomic E-state index is 0.104. The molecule has 0 radical (unpaired) electrons. The van der Waals surface area contributed by atoms with Crippen molar-refractivity contribution >= 4 is 39.5 Å². The van der Waals surface area contributed by atoms with Crippen LogP contribution in [0.25, 0.3) is 0 Å². The normalized spacial score (nSPS) is 14.0. The maximum Gasteiger partial charge on any atom is 0.472 e. The number of aliphatic hydroxyl groups is 1. The van der Waals surface area contributed by atoms with E-state index in [0.29, 0.717) is 25.7 Å². The first-order chi connectivity index (χ1) is 44.5. The molecule has 546 valence electrons. The van der Waals surface area contributed by atoms with Gasteiger partial charge in [0.2, 0.25) is 0 Å².